The highest BCUT2D eigenvalue weighted by molar-refractivity contribution is 5.76. The topological polar surface area (TPSA) is 307 Å². The molecule has 12 N–H and O–H groups in total. The number of carbonyl (C=O) groups is 1. The van der Waals surface area contributed by atoms with E-state index in [1.807, 2.05) is 6.08 Å². The highest BCUT2D eigenvalue weighted by Crippen LogP contribution is 2.33. The van der Waals surface area contributed by atoms with E-state index in [2.05, 4.69) is 141 Å². The number of unbranched alkanes of at least 4 members (excludes halogenated alkanes) is 19. The molecule has 97 heavy (non-hydrogen) atoms. The van der Waals surface area contributed by atoms with Gasteiger partial charge in [-0.15, -0.1) is 0 Å². The molecule has 0 aromatic rings. The number of carbonyl (C=O) groups excluding carboxylic acids is 1. The van der Waals surface area contributed by atoms with Gasteiger partial charge in [-0.3, -0.25) is 4.79 Å². The van der Waals surface area contributed by atoms with Crippen molar-refractivity contribution in [2.24, 2.45) is 0 Å². The summed E-state index contributed by atoms with van der Waals surface area (Å²) in [6.45, 7) is 1.54. The summed E-state index contributed by atoms with van der Waals surface area (Å²) in [7, 11) is 0. The molecule has 17 unspecified atom stereocenters. The van der Waals surface area contributed by atoms with Gasteiger partial charge < -0.3 is 89.9 Å². The molecular weight excluding hydrogens is 1240 g/mol. The molecule has 3 saturated heterocycles. The fourth-order valence-electron chi connectivity index (χ4n) is 11.5. The summed E-state index contributed by atoms with van der Waals surface area (Å²) < 4.78 is 34.3. The molecule has 1 amide bonds. The van der Waals surface area contributed by atoms with E-state index in [4.69, 9.17) is 28.4 Å². The van der Waals surface area contributed by atoms with Crippen molar-refractivity contribution >= 4 is 5.91 Å². The maximum atomic E-state index is 13.4. The molecule has 0 spiro atoms. The molecule has 0 aromatic carbocycles. The third-order valence-corrected chi connectivity index (χ3v) is 17.4. The van der Waals surface area contributed by atoms with Crippen LogP contribution in [-0.2, 0) is 33.2 Å². The summed E-state index contributed by atoms with van der Waals surface area (Å²) in [5.41, 5.74) is 0. The van der Waals surface area contributed by atoms with Crippen molar-refractivity contribution in [1.82, 2.24) is 5.32 Å². The second-order valence-corrected chi connectivity index (χ2v) is 25.7. The van der Waals surface area contributed by atoms with Gasteiger partial charge in [0.05, 0.1) is 38.6 Å². The fraction of sp³-hybridized carbons (Fsp3) is 0.705. The van der Waals surface area contributed by atoms with Crippen molar-refractivity contribution in [3.05, 3.63) is 134 Å². The van der Waals surface area contributed by atoms with Crippen LogP contribution in [0.3, 0.4) is 0 Å². The van der Waals surface area contributed by atoms with Crippen LogP contribution in [-0.4, -0.2) is 193 Å². The van der Waals surface area contributed by atoms with Gasteiger partial charge in [-0.25, -0.2) is 0 Å². The van der Waals surface area contributed by atoms with E-state index >= 15 is 0 Å². The first kappa shape index (κ1) is 87.1. The lowest BCUT2D eigenvalue weighted by Gasteiger charge is -2.48. The van der Waals surface area contributed by atoms with Crippen LogP contribution < -0.4 is 5.32 Å². The number of hydrogen-bond donors (Lipinski definition) is 12. The minimum atomic E-state index is -1.99. The zero-order valence-electron chi connectivity index (χ0n) is 58.7. The second kappa shape index (κ2) is 57.5. The summed E-state index contributed by atoms with van der Waals surface area (Å²) in [6, 6.07) is -0.997. The number of hydrogen-bond acceptors (Lipinski definition) is 18. The number of amides is 1. The summed E-state index contributed by atoms with van der Waals surface area (Å²) >= 11 is 0. The number of aliphatic hydroxyl groups is 11. The Morgan fingerprint density at radius 3 is 1.15 bits per heavy atom. The zero-order chi connectivity index (χ0) is 70.4. The molecule has 0 saturated carbocycles. The van der Waals surface area contributed by atoms with Gasteiger partial charge in [0, 0.05) is 6.42 Å². The normalized spacial score (nSPS) is 27.7. The van der Waals surface area contributed by atoms with Crippen molar-refractivity contribution in [3.8, 4) is 0 Å². The summed E-state index contributed by atoms with van der Waals surface area (Å²) in [6.07, 6.45) is 54.6. The van der Waals surface area contributed by atoms with Gasteiger partial charge in [-0.05, 0) is 103 Å². The Hall–Kier alpha value is -4.07. The third-order valence-electron chi connectivity index (χ3n) is 17.4. The number of aliphatic hydroxyl groups excluding tert-OH is 11. The molecule has 19 heteroatoms. The molecule has 17 atom stereocenters. The average Bonchev–Trinajstić information content (AvgIpc) is 0.790. The summed E-state index contributed by atoms with van der Waals surface area (Å²) in [5, 5.41) is 120. The Balaban J connectivity index is 1.30. The highest BCUT2D eigenvalue weighted by Gasteiger charge is 2.53. The van der Waals surface area contributed by atoms with Crippen LogP contribution >= 0.6 is 0 Å². The van der Waals surface area contributed by atoms with Gasteiger partial charge in [0.2, 0.25) is 5.91 Å². The first-order valence-electron chi connectivity index (χ1n) is 36.9. The molecule has 3 aliphatic rings. The summed E-state index contributed by atoms with van der Waals surface area (Å²) in [5.74, 6) is -0.294. The monoisotopic (exact) mass is 1370 g/mol. The van der Waals surface area contributed by atoms with Crippen molar-refractivity contribution in [2.45, 2.75) is 324 Å². The maximum Gasteiger partial charge on any atom is 0.220 e. The molecule has 0 aromatic heterocycles. The van der Waals surface area contributed by atoms with E-state index in [0.29, 0.717) is 12.8 Å². The van der Waals surface area contributed by atoms with Crippen LogP contribution in [0.2, 0.25) is 0 Å². The molecule has 3 aliphatic heterocycles. The maximum absolute atomic E-state index is 13.4. The SMILES string of the molecule is CC/C=C\C/C=C\C/C=C\C/C=C\C/C=C\C/C=C\C/C=C\C/C=C\C/C=C\CCCCCCCCCCCCCCCC(=O)NC(COC1OC(CO)C(OC2OC(CO)C(OC3OC(CO)C(O)C(O)C3O)C(O)C2O)C(O)C1O)C(O)/C=C/CC/C=C/CCCCCCC. The molecule has 3 rings (SSSR count). The molecule has 0 radical (unpaired) electrons. The molecule has 19 nitrogen and oxygen atoms in total. The minimum Gasteiger partial charge on any atom is -0.394 e. The van der Waals surface area contributed by atoms with E-state index in [1.165, 1.54) is 77.0 Å². The van der Waals surface area contributed by atoms with E-state index < -0.39 is 124 Å². The summed E-state index contributed by atoms with van der Waals surface area (Å²) in [4.78, 5) is 13.4. The number of nitrogens with one attached hydrogen (secondary N) is 1. The highest BCUT2D eigenvalue weighted by atomic mass is 16.8. The molecule has 3 heterocycles. The zero-order valence-corrected chi connectivity index (χ0v) is 58.7. The van der Waals surface area contributed by atoms with Crippen molar-refractivity contribution in [2.75, 3.05) is 26.4 Å². The van der Waals surface area contributed by atoms with Crippen LogP contribution in [0.1, 0.15) is 219 Å². The molecular formula is C78H129NO18. The van der Waals surface area contributed by atoms with Crippen LogP contribution in [0.4, 0.5) is 0 Å². The minimum absolute atomic E-state index is 0.226. The van der Waals surface area contributed by atoms with Crippen molar-refractivity contribution in [3.63, 3.8) is 0 Å². The van der Waals surface area contributed by atoms with Gasteiger partial charge in [-0.2, -0.15) is 0 Å². The lowest BCUT2D eigenvalue weighted by Crippen LogP contribution is -2.66. The predicted octanol–water partition coefficient (Wildman–Crippen LogP) is 10.9. The molecule has 0 bridgehead atoms. The van der Waals surface area contributed by atoms with Gasteiger partial charge in [-0.1, -0.05) is 244 Å². The number of rotatable bonds is 55. The van der Waals surface area contributed by atoms with Crippen molar-refractivity contribution < 1.29 is 89.4 Å². The van der Waals surface area contributed by atoms with E-state index in [-0.39, 0.29) is 18.9 Å². The van der Waals surface area contributed by atoms with E-state index in [0.717, 1.165) is 109 Å². The van der Waals surface area contributed by atoms with Crippen molar-refractivity contribution in [1.29, 1.82) is 0 Å². The van der Waals surface area contributed by atoms with Gasteiger partial charge in [0.15, 0.2) is 18.9 Å². The van der Waals surface area contributed by atoms with Crippen LogP contribution in [0, 0.1) is 0 Å². The fourth-order valence-corrected chi connectivity index (χ4v) is 11.5. The second-order valence-electron chi connectivity index (χ2n) is 25.7. The van der Waals surface area contributed by atoms with E-state index in [1.54, 1.807) is 6.08 Å². The van der Waals surface area contributed by atoms with Crippen LogP contribution in [0.25, 0.3) is 0 Å². The van der Waals surface area contributed by atoms with Gasteiger partial charge in [0.25, 0.3) is 0 Å². The first-order chi connectivity index (χ1) is 47.3. The lowest BCUT2D eigenvalue weighted by molar-refractivity contribution is -0.379. The third kappa shape index (κ3) is 38.5. The quantitative estimate of drug-likeness (QED) is 0.0199. The number of ether oxygens (including phenoxy) is 6. The molecule has 554 valence electrons. The Morgan fingerprint density at radius 1 is 0.381 bits per heavy atom. The average molecular weight is 1370 g/mol. The molecule has 0 aliphatic carbocycles. The standard InChI is InChI=1S/C78H129NO18/c1-3-5-7-9-11-13-15-16-17-18-19-20-21-22-23-24-25-26-27-28-29-30-31-32-33-34-35-36-37-38-39-40-41-42-43-44-46-48-50-52-54-56-66(84)79-61(62(83)55-53-51-49-47-45-14-12-10-8-6-4-2)60-92-76-72(90)69(87)74(64(58-81)94-76)97-78-73(91)70(88)75(65(59-82)95-78)96-77-71(89)68(86)67(85)63(57-80)93-77/h5,7,11,13,16-17,19-20,22-23,25-26,28-29,31-32,34-35,45,47,53,55,61-65,67-78,80-83,85-91H,3-4,6,8-10,12,14-15,18,21,24,27,30,33,36-44,46,48-52,54,56-60H2,1-2H3,(H,79,84)/b7-5-,13-11-,17-16-,20-19-,23-22-,26-25-,29-28-,32-31-,35-34-,47-45+,55-53+. The van der Waals surface area contributed by atoms with Gasteiger partial charge >= 0.3 is 0 Å². The smallest absolute Gasteiger partial charge is 0.220 e. The first-order valence-corrected chi connectivity index (χ1v) is 36.9. The van der Waals surface area contributed by atoms with Crippen LogP contribution in [0.5, 0.6) is 0 Å². The Kier molecular flexibility index (Phi) is 51.7. The largest absolute Gasteiger partial charge is 0.394 e. The number of allylic oxidation sites excluding steroid dienone is 21. The van der Waals surface area contributed by atoms with E-state index in [9.17, 15) is 61.0 Å². The Labute approximate surface area is 581 Å². The molecule has 3 fully saturated rings. The van der Waals surface area contributed by atoms with Crippen LogP contribution in [0.15, 0.2) is 134 Å². The van der Waals surface area contributed by atoms with Gasteiger partial charge in [0.1, 0.15) is 73.2 Å². The Bertz CT molecular complexity index is 2280. The Morgan fingerprint density at radius 2 is 0.722 bits per heavy atom. The lowest BCUT2D eigenvalue weighted by atomic mass is 9.96. The predicted molar refractivity (Wildman–Crippen MR) is 383 cm³/mol.